The summed E-state index contributed by atoms with van der Waals surface area (Å²) in [4.78, 5) is 0. The van der Waals surface area contributed by atoms with Gasteiger partial charge in [0.1, 0.15) is 0 Å². The van der Waals surface area contributed by atoms with E-state index in [1.807, 2.05) is 12.1 Å². The topological polar surface area (TPSA) is 32.3 Å². The number of rotatable bonds is 3. The maximum atomic E-state index is 10.2. The first-order chi connectivity index (χ1) is 9.65. The average Bonchev–Trinajstić information content (AvgIpc) is 2.74. The molecular formula is C18H21NO. The van der Waals surface area contributed by atoms with Gasteiger partial charge in [-0.1, -0.05) is 48.0 Å². The van der Waals surface area contributed by atoms with Crippen LogP contribution in [0.1, 0.15) is 33.9 Å². The molecule has 0 saturated heterocycles. The van der Waals surface area contributed by atoms with Crippen LogP contribution >= 0.6 is 0 Å². The lowest BCUT2D eigenvalue weighted by Gasteiger charge is -2.19. The second-order valence-electron chi connectivity index (χ2n) is 5.76. The second kappa shape index (κ2) is 5.39. The average molecular weight is 267 g/mol. The Labute approximate surface area is 120 Å². The highest BCUT2D eigenvalue weighted by molar-refractivity contribution is 5.37. The number of aliphatic hydroxyl groups excluding tert-OH is 1. The smallest absolute Gasteiger partial charge is 0.0775 e. The number of hydrogen-bond donors (Lipinski definition) is 2. The van der Waals surface area contributed by atoms with Crippen LogP contribution in [0.15, 0.2) is 42.5 Å². The summed E-state index contributed by atoms with van der Waals surface area (Å²) in [6, 6.07) is 14.9. The third kappa shape index (κ3) is 2.49. The van der Waals surface area contributed by atoms with Crippen molar-refractivity contribution in [2.45, 2.75) is 39.0 Å². The van der Waals surface area contributed by atoms with E-state index < -0.39 is 0 Å². The van der Waals surface area contributed by atoms with Crippen molar-refractivity contribution in [3.05, 3.63) is 70.3 Å². The van der Waals surface area contributed by atoms with E-state index in [4.69, 9.17) is 0 Å². The molecule has 3 rings (SSSR count). The maximum Gasteiger partial charge on any atom is 0.0775 e. The first-order valence-corrected chi connectivity index (χ1v) is 7.20. The van der Waals surface area contributed by atoms with Gasteiger partial charge in [0.15, 0.2) is 0 Å². The van der Waals surface area contributed by atoms with Crippen LogP contribution in [0.5, 0.6) is 0 Å². The van der Waals surface area contributed by atoms with Crippen molar-refractivity contribution in [3.63, 3.8) is 0 Å². The van der Waals surface area contributed by atoms with E-state index in [1.54, 1.807) is 0 Å². The number of nitrogens with one attached hydrogen (secondary N) is 1. The highest BCUT2D eigenvalue weighted by atomic mass is 16.3. The van der Waals surface area contributed by atoms with Crippen molar-refractivity contribution in [1.82, 2.24) is 5.32 Å². The predicted octanol–water partition coefficient (Wildman–Crippen LogP) is 3.05. The Bertz CT molecular complexity index is 621. The molecule has 0 aromatic heterocycles. The predicted molar refractivity (Wildman–Crippen MR) is 81.6 cm³/mol. The van der Waals surface area contributed by atoms with Gasteiger partial charge >= 0.3 is 0 Å². The van der Waals surface area contributed by atoms with E-state index >= 15 is 0 Å². The molecule has 1 aliphatic carbocycles. The van der Waals surface area contributed by atoms with Crippen LogP contribution in [0.2, 0.25) is 0 Å². The summed E-state index contributed by atoms with van der Waals surface area (Å²) in [5.41, 5.74) is 6.39. The highest BCUT2D eigenvalue weighted by Crippen LogP contribution is 2.31. The lowest BCUT2D eigenvalue weighted by Crippen LogP contribution is -2.28. The zero-order valence-corrected chi connectivity index (χ0v) is 12.1. The SMILES string of the molecule is Cc1ccc(CN[C@@H]2c3ccccc3C[C@@H]2O)c(C)c1. The molecule has 2 aromatic rings. The first-order valence-electron chi connectivity index (χ1n) is 7.20. The number of aryl methyl sites for hydroxylation is 2. The van der Waals surface area contributed by atoms with E-state index in [2.05, 4.69) is 49.5 Å². The van der Waals surface area contributed by atoms with Crippen LogP contribution in [0.4, 0.5) is 0 Å². The van der Waals surface area contributed by atoms with E-state index in [-0.39, 0.29) is 12.1 Å². The summed E-state index contributed by atoms with van der Waals surface area (Å²) >= 11 is 0. The minimum Gasteiger partial charge on any atom is -0.391 e. The van der Waals surface area contributed by atoms with Gasteiger partial charge in [-0.25, -0.2) is 0 Å². The molecule has 0 aliphatic heterocycles. The van der Waals surface area contributed by atoms with Gasteiger partial charge < -0.3 is 10.4 Å². The van der Waals surface area contributed by atoms with E-state index in [0.717, 1.165) is 13.0 Å². The van der Waals surface area contributed by atoms with Crippen molar-refractivity contribution in [2.75, 3.05) is 0 Å². The standard InChI is InChI=1S/C18H21NO/c1-12-7-8-15(13(2)9-12)11-19-18-16-6-4-3-5-14(16)10-17(18)20/h3-9,17-20H,10-11H2,1-2H3/t17-,18+/m0/s1. The minimum absolute atomic E-state index is 0.0481. The molecule has 2 atom stereocenters. The van der Waals surface area contributed by atoms with Crippen molar-refractivity contribution in [1.29, 1.82) is 0 Å². The molecule has 1 aliphatic rings. The molecule has 0 spiro atoms. The van der Waals surface area contributed by atoms with Crippen LogP contribution < -0.4 is 5.32 Å². The summed E-state index contributed by atoms with van der Waals surface area (Å²) < 4.78 is 0. The van der Waals surface area contributed by atoms with E-state index in [1.165, 1.54) is 27.8 Å². The number of fused-ring (bicyclic) bond motifs is 1. The zero-order valence-electron chi connectivity index (χ0n) is 12.1. The summed E-state index contributed by atoms with van der Waals surface area (Å²) in [6.07, 6.45) is 0.430. The fraction of sp³-hybridized carbons (Fsp3) is 0.333. The fourth-order valence-corrected chi connectivity index (χ4v) is 3.08. The minimum atomic E-state index is -0.321. The molecule has 0 fully saturated rings. The van der Waals surface area contributed by atoms with Gasteiger partial charge in [0.25, 0.3) is 0 Å². The molecule has 0 bridgehead atoms. The Morgan fingerprint density at radius 1 is 1.15 bits per heavy atom. The largest absolute Gasteiger partial charge is 0.391 e. The van der Waals surface area contributed by atoms with Gasteiger partial charge in [-0.05, 0) is 36.1 Å². The van der Waals surface area contributed by atoms with Crippen molar-refractivity contribution < 1.29 is 5.11 Å². The Balaban J connectivity index is 1.75. The third-order valence-electron chi connectivity index (χ3n) is 4.21. The molecule has 2 nitrogen and oxygen atoms in total. The van der Waals surface area contributed by atoms with E-state index in [0.29, 0.717) is 0 Å². The zero-order chi connectivity index (χ0) is 14.1. The lowest BCUT2D eigenvalue weighted by molar-refractivity contribution is 0.140. The molecule has 2 N–H and O–H groups in total. The third-order valence-corrected chi connectivity index (χ3v) is 4.21. The van der Waals surface area contributed by atoms with Crippen molar-refractivity contribution in [2.24, 2.45) is 0 Å². The Morgan fingerprint density at radius 2 is 1.95 bits per heavy atom. The summed E-state index contributed by atoms with van der Waals surface area (Å²) in [7, 11) is 0. The Morgan fingerprint density at radius 3 is 2.75 bits per heavy atom. The van der Waals surface area contributed by atoms with Crippen LogP contribution in [0.3, 0.4) is 0 Å². The van der Waals surface area contributed by atoms with E-state index in [9.17, 15) is 5.11 Å². The van der Waals surface area contributed by atoms with Crippen LogP contribution in [0.25, 0.3) is 0 Å². The molecule has 20 heavy (non-hydrogen) atoms. The molecule has 0 radical (unpaired) electrons. The second-order valence-corrected chi connectivity index (χ2v) is 5.76. The number of benzene rings is 2. The molecule has 2 heteroatoms. The summed E-state index contributed by atoms with van der Waals surface area (Å²) in [5.74, 6) is 0. The fourth-order valence-electron chi connectivity index (χ4n) is 3.08. The van der Waals surface area contributed by atoms with Gasteiger partial charge in [-0.3, -0.25) is 0 Å². The van der Waals surface area contributed by atoms with Gasteiger partial charge in [0.05, 0.1) is 12.1 Å². The number of hydrogen-bond acceptors (Lipinski definition) is 2. The number of aliphatic hydroxyl groups is 1. The van der Waals surface area contributed by atoms with Gasteiger partial charge in [-0.2, -0.15) is 0 Å². The molecule has 0 saturated carbocycles. The summed E-state index contributed by atoms with van der Waals surface area (Å²) in [6.45, 7) is 5.05. The quantitative estimate of drug-likeness (QED) is 0.896. The molecule has 0 unspecified atom stereocenters. The van der Waals surface area contributed by atoms with Crippen LogP contribution in [-0.4, -0.2) is 11.2 Å². The lowest BCUT2D eigenvalue weighted by atomic mass is 10.0. The van der Waals surface area contributed by atoms with Crippen LogP contribution in [0, 0.1) is 13.8 Å². The monoisotopic (exact) mass is 267 g/mol. The van der Waals surface area contributed by atoms with Crippen molar-refractivity contribution in [3.8, 4) is 0 Å². The summed E-state index contributed by atoms with van der Waals surface area (Å²) in [5, 5.41) is 13.8. The highest BCUT2D eigenvalue weighted by Gasteiger charge is 2.30. The van der Waals surface area contributed by atoms with Crippen LogP contribution in [-0.2, 0) is 13.0 Å². The molecule has 2 aromatic carbocycles. The molecule has 104 valence electrons. The van der Waals surface area contributed by atoms with Gasteiger partial charge in [0, 0.05) is 13.0 Å². The first kappa shape index (κ1) is 13.3. The van der Waals surface area contributed by atoms with Gasteiger partial charge in [0.2, 0.25) is 0 Å². The van der Waals surface area contributed by atoms with Gasteiger partial charge in [-0.15, -0.1) is 0 Å². The normalized spacial score (nSPS) is 20.9. The molecular weight excluding hydrogens is 246 g/mol. The Kier molecular flexibility index (Phi) is 3.60. The Hall–Kier alpha value is -1.64. The maximum absolute atomic E-state index is 10.2. The molecule has 0 amide bonds. The molecule has 0 heterocycles. The van der Waals surface area contributed by atoms with Crippen molar-refractivity contribution >= 4 is 0 Å².